The van der Waals surface area contributed by atoms with Gasteiger partial charge >= 0.3 is 6.03 Å². The minimum absolute atomic E-state index is 0.0120. The van der Waals surface area contributed by atoms with Crippen molar-refractivity contribution in [2.75, 3.05) is 25.5 Å². The van der Waals surface area contributed by atoms with E-state index in [-0.39, 0.29) is 17.9 Å². The Kier molecular flexibility index (Phi) is 4.74. The van der Waals surface area contributed by atoms with Gasteiger partial charge in [-0.15, -0.1) is 0 Å². The SMILES string of the molecule is COC1CCN(C(=O)Nc2cccc(C(C)=O)c2)CC1. The average Bonchev–Trinajstić information content (AvgIpc) is 2.47. The Labute approximate surface area is 118 Å². The molecule has 2 rings (SSSR count). The van der Waals surface area contributed by atoms with Crippen LogP contribution in [-0.2, 0) is 4.74 Å². The number of rotatable bonds is 3. The van der Waals surface area contributed by atoms with Gasteiger partial charge in [0, 0.05) is 31.5 Å². The lowest BCUT2D eigenvalue weighted by molar-refractivity contribution is 0.0521. The van der Waals surface area contributed by atoms with Crippen molar-refractivity contribution in [2.45, 2.75) is 25.9 Å². The highest BCUT2D eigenvalue weighted by atomic mass is 16.5. The molecule has 0 unspecified atom stereocenters. The molecule has 1 aromatic rings. The lowest BCUT2D eigenvalue weighted by Crippen LogP contribution is -2.42. The molecule has 108 valence electrons. The van der Waals surface area contributed by atoms with E-state index in [4.69, 9.17) is 4.74 Å². The van der Waals surface area contributed by atoms with Crippen molar-refractivity contribution < 1.29 is 14.3 Å². The number of carbonyl (C=O) groups is 2. The molecule has 5 nitrogen and oxygen atoms in total. The van der Waals surface area contributed by atoms with E-state index in [1.54, 1.807) is 36.3 Å². The zero-order valence-electron chi connectivity index (χ0n) is 11.9. The fraction of sp³-hybridized carbons (Fsp3) is 0.467. The lowest BCUT2D eigenvalue weighted by Gasteiger charge is -2.31. The Morgan fingerprint density at radius 3 is 2.60 bits per heavy atom. The highest BCUT2D eigenvalue weighted by Crippen LogP contribution is 2.16. The van der Waals surface area contributed by atoms with E-state index in [1.165, 1.54) is 6.92 Å². The topological polar surface area (TPSA) is 58.6 Å². The van der Waals surface area contributed by atoms with E-state index in [1.807, 2.05) is 0 Å². The van der Waals surface area contributed by atoms with E-state index >= 15 is 0 Å². The van der Waals surface area contributed by atoms with Crippen LogP contribution in [0.25, 0.3) is 0 Å². The van der Waals surface area contributed by atoms with Crippen molar-refractivity contribution >= 4 is 17.5 Å². The molecule has 2 amide bonds. The van der Waals surface area contributed by atoms with E-state index in [2.05, 4.69) is 5.32 Å². The number of anilines is 1. The van der Waals surface area contributed by atoms with Crippen LogP contribution >= 0.6 is 0 Å². The molecular weight excluding hydrogens is 256 g/mol. The van der Waals surface area contributed by atoms with Gasteiger partial charge in [-0.05, 0) is 31.9 Å². The van der Waals surface area contributed by atoms with Crippen LogP contribution in [-0.4, -0.2) is 43.0 Å². The standard InChI is InChI=1S/C15H20N2O3/c1-11(18)12-4-3-5-13(10-12)16-15(19)17-8-6-14(20-2)7-9-17/h3-5,10,14H,6-9H2,1-2H3,(H,16,19). The summed E-state index contributed by atoms with van der Waals surface area (Å²) in [5.41, 5.74) is 1.25. The van der Waals surface area contributed by atoms with Crippen LogP contribution in [0.3, 0.4) is 0 Å². The summed E-state index contributed by atoms with van der Waals surface area (Å²) in [6.45, 7) is 2.89. The van der Waals surface area contributed by atoms with Gasteiger partial charge in [-0.3, -0.25) is 4.79 Å². The van der Waals surface area contributed by atoms with Crippen molar-refractivity contribution in [1.82, 2.24) is 4.90 Å². The normalized spacial score (nSPS) is 16.0. The van der Waals surface area contributed by atoms with Crippen molar-refractivity contribution in [2.24, 2.45) is 0 Å². The molecule has 1 heterocycles. The van der Waals surface area contributed by atoms with Gasteiger partial charge in [0.25, 0.3) is 0 Å². The zero-order chi connectivity index (χ0) is 14.5. The quantitative estimate of drug-likeness (QED) is 0.863. The summed E-state index contributed by atoms with van der Waals surface area (Å²) in [4.78, 5) is 25.2. The number of methoxy groups -OCH3 is 1. The lowest BCUT2D eigenvalue weighted by atomic mass is 10.1. The van der Waals surface area contributed by atoms with Crippen LogP contribution < -0.4 is 5.32 Å². The van der Waals surface area contributed by atoms with E-state index in [0.29, 0.717) is 24.3 Å². The number of piperidine rings is 1. The van der Waals surface area contributed by atoms with Crippen LogP contribution in [0.2, 0.25) is 0 Å². The van der Waals surface area contributed by atoms with Crippen LogP contribution in [0.4, 0.5) is 10.5 Å². The Bertz CT molecular complexity index is 494. The molecule has 1 aliphatic heterocycles. The molecule has 0 bridgehead atoms. The van der Waals surface area contributed by atoms with Gasteiger partial charge in [-0.25, -0.2) is 4.79 Å². The molecule has 5 heteroatoms. The minimum atomic E-state index is -0.125. The predicted molar refractivity (Wildman–Crippen MR) is 77.1 cm³/mol. The molecule has 0 aromatic heterocycles. The Hall–Kier alpha value is -1.88. The molecule has 20 heavy (non-hydrogen) atoms. The summed E-state index contributed by atoms with van der Waals surface area (Å²) in [5, 5.41) is 2.83. The Morgan fingerprint density at radius 1 is 1.30 bits per heavy atom. The first-order valence-corrected chi connectivity index (χ1v) is 6.80. The number of ether oxygens (including phenoxy) is 1. The van der Waals surface area contributed by atoms with E-state index in [0.717, 1.165) is 12.8 Å². The average molecular weight is 276 g/mol. The van der Waals surface area contributed by atoms with Gasteiger partial charge in [0.05, 0.1) is 6.10 Å². The van der Waals surface area contributed by atoms with Gasteiger partial charge in [-0.1, -0.05) is 12.1 Å². The minimum Gasteiger partial charge on any atom is -0.381 e. The third-order valence-corrected chi connectivity index (χ3v) is 3.58. The number of nitrogens with zero attached hydrogens (tertiary/aromatic N) is 1. The van der Waals surface area contributed by atoms with Gasteiger partial charge < -0.3 is 15.0 Å². The predicted octanol–water partition coefficient (Wildman–Crippen LogP) is 2.53. The van der Waals surface area contributed by atoms with E-state index < -0.39 is 0 Å². The van der Waals surface area contributed by atoms with Gasteiger partial charge in [-0.2, -0.15) is 0 Å². The maximum absolute atomic E-state index is 12.1. The number of hydrogen-bond acceptors (Lipinski definition) is 3. The molecule has 1 saturated heterocycles. The van der Waals surface area contributed by atoms with Crippen LogP contribution in [0, 0.1) is 0 Å². The smallest absolute Gasteiger partial charge is 0.321 e. The third-order valence-electron chi connectivity index (χ3n) is 3.58. The summed E-state index contributed by atoms with van der Waals surface area (Å²) in [7, 11) is 1.70. The number of benzene rings is 1. The first-order chi connectivity index (χ1) is 9.60. The summed E-state index contributed by atoms with van der Waals surface area (Å²) in [5.74, 6) is -0.0120. The molecule has 0 aliphatic carbocycles. The highest BCUT2D eigenvalue weighted by molar-refractivity contribution is 5.96. The fourth-order valence-electron chi connectivity index (χ4n) is 2.31. The number of hydrogen-bond donors (Lipinski definition) is 1. The zero-order valence-corrected chi connectivity index (χ0v) is 11.9. The van der Waals surface area contributed by atoms with E-state index in [9.17, 15) is 9.59 Å². The van der Waals surface area contributed by atoms with Gasteiger partial charge in [0.15, 0.2) is 5.78 Å². The van der Waals surface area contributed by atoms with Crippen LogP contribution in [0.1, 0.15) is 30.1 Å². The summed E-state index contributed by atoms with van der Waals surface area (Å²) in [6.07, 6.45) is 1.97. The Balaban J connectivity index is 1.95. The number of nitrogens with one attached hydrogen (secondary N) is 1. The monoisotopic (exact) mass is 276 g/mol. The van der Waals surface area contributed by atoms with Gasteiger partial charge in [0.1, 0.15) is 0 Å². The molecule has 0 saturated carbocycles. The molecular formula is C15H20N2O3. The number of Topliss-reactive ketones (excluding diaryl/α,β-unsaturated/α-hetero) is 1. The molecule has 1 fully saturated rings. The summed E-state index contributed by atoms with van der Waals surface area (Å²) in [6, 6.07) is 6.86. The number of carbonyl (C=O) groups excluding carboxylic acids is 2. The molecule has 1 aromatic carbocycles. The first kappa shape index (κ1) is 14.5. The van der Waals surface area contributed by atoms with Crippen molar-refractivity contribution in [3.8, 4) is 0 Å². The number of ketones is 1. The maximum Gasteiger partial charge on any atom is 0.321 e. The summed E-state index contributed by atoms with van der Waals surface area (Å²) < 4.78 is 5.28. The largest absolute Gasteiger partial charge is 0.381 e. The third kappa shape index (κ3) is 3.57. The second-order valence-corrected chi connectivity index (χ2v) is 4.99. The van der Waals surface area contributed by atoms with Crippen molar-refractivity contribution in [1.29, 1.82) is 0 Å². The second kappa shape index (κ2) is 6.52. The second-order valence-electron chi connectivity index (χ2n) is 4.99. The van der Waals surface area contributed by atoms with Crippen LogP contribution in [0.5, 0.6) is 0 Å². The number of urea groups is 1. The van der Waals surface area contributed by atoms with Crippen molar-refractivity contribution in [3.63, 3.8) is 0 Å². The first-order valence-electron chi connectivity index (χ1n) is 6.80. The fourth-order valence-corrected chi connectivity index (χ4v) is 2.31. The Morgan fingerprint density at radius 2 is 2.00 bits per heavy atom. The highest BCUT2D eigenvalue weighted by Gasteiger charge is 2.22. The molecule has 0 atom stereocenters. The molecule has 1 N–H and O–H groups in total. The molecule has 0 radical (unpaired) electrons. The van der Waals surface area contributed by atoms with Crippen LogP contribution in [0.15, 0.2) is 24.3 Å². The summed E-state index contributed by atoms with van der Waals surface area (Å²) >= 11 is 0. The number of likely N-dealkylation sites (tertiary alicyclic amines) is 1. The van der Waals surface area contributed by atoms with Gasteiger partial charge in [0.2, 0.25) is 0 Å². The van der Waals surface area contributed by atoms with Crippen molar-refractivity contribution in [3.05, 3.63) is 29.8 Å². The molecule has 0 spiro atoms. The maximum atomic E-state index is 12.1. The molecule has 1 aliphatic rings. The number of amides is 2.